The molecule has 1 aromatic carbocycles. The molecule has 0 atom stereocenters. The molecule has 0 radical (unpaired) electrons. The van der Waals surface area contributed by atoms with E-state index in [1.165, 1.54) is 12.1 Å². The summed E-state index contributed by atoms with van der Waals surface area (Å²) in [5, 5.41) is 0.106. The summed E-state index contributed by atoms with van der Waals surface area (Å²) in [6, 6.07) is 4.56. The van der Waals surface area contributed by atoms with Gasteiger partial charge in [-0.15, -0.1) is 12.3 Å². The maximum atomic E-state index is 11.9. The molecule has 0 aliphatic rings. The lowest BCUT2D eigenvalue weighted by Crippen LogP contribution is -2.25. The van der Waals surface area contributed by atoms with E-state index in [1.54, 1.807) is 6.07 Å². The highest BCUT2D eigenvalue weighted by Gasteiger charge is 2.20. The Bertz CT molecular complexity index is 515. The summed E-state index contributed by atoms with van der Waals surface area (Å²) < 4.78 is 26.2. The predicted molar refractivity (Wildman–Crippen MR) is 69.1 cm³/mol. The molecule has 1 aromatic rings. The number of terminal acetylenes is 1. The third-order valence-corrected chi connectivity index (χ3v) is 4.06. The van der Waals surface area contributed by atoms with Crippen LogP contribution in [0.3, 0.4) is 0 Å². The van der Waals surface area contributed by atoms with Gasteiger partial charge in [0.15, 0.2) is 0 Å². The molecule has 0 bridgehead atoms. The minimum atomic E-state index is -3.68. The molecule has 3 N–H and O–H groups in total. The fourth-order valence-electron chi connectivity index (χ4n) is 1.28. The summed E-state index contributed by atoms with van der Waals surface area (Å²) in [5.74, 6) is 2.43. The van der Waals surface area contributed by atoms with E-state index in [2.05, 4.69) is 10.6 Å². The van der Waals surface area contributed by atoms with Crippen molar-refractivity contribution in [2.75, 3.05) is 12.3 Å². The second-order valence-electron chi connectivity index (χ2n) is 3.36. The van der Waals surface area contributed by atoms with Crippen molar-refractivity contribution in [1.29, 1.82) is 0 Å². The van der Waals surface area contributed by atoms with E-state index in [-0.39, 0.29) is 22.2 Å². The lowest BCUT2D eigenvalue weighted by atomic mass is 10.3. The summed E-state index contributed by atoms with van der Waals surface area (Å²) in [7, 11) is -3.68. The maximum Gasteiger partial charge on any atom is 0.244 e. The summed E-state index contributed by atoms with van der Waals surface area (Å²) in [6.45, 7) is 0.261. The first-order valence-electron chi connectivity index (χ1n) is 4.96. The smallest absolute Gasteiger partial charge is 0.244 e. The van der Waals surface area contributed by atoms with Crippen LogP contribution in [-0.4, -0.2) is 15.0 Å². The number of halogens is 1. The highest BCUT2D eigenvalue weighted by molar-refractivity contribution is 7.89. The van der Waals surface area contributed by atoms with Crippen LogP contribution in [0.25, 0.3) is 0 Å². The van der Waals surface area contributed by atoms with E-state index >= 15 is 0 Å². The Balaban J connectivity index is 2.87. The van der Waals surface area contributed by atoms with Crippen molar-refractivity contribution < 1.29 is 8.42 Å². The molecule has 0 spiro atoms. The minimum Gasteiger partial charge on any atom is -0.398 e. The number of benzene rings is 1. The van der Waals surface area contributed by atoms with Gasteiger partial charge in [0.1, 0.15) is 4.90 Å². The third-order valence-electron chi connectivity index (χ3n) is 2.06. The van der Waals surface area contributed by atoms with Gasteiger partial charge in [0, 0.05) is 13.0 Å². The van der Waals surface area contributed by atoms with Crippen LogP contribution >= 0.6 is 11.6 Å². The van der Waals surface area contributed by atoms with Gasteiger partial charge in [-0.3, -0.25) is 0 Å². The first-order valence-corrected chi connectivity index (χ1v) is 6.82. The van der Waals surface area contributed by atoms with E-state index in [4.69, 9.17) is 23.8 Å². The zero-order chi connectivity index (χ0) is 12.9. The molecule has 0 fully saturated rings. The van der Waals surface area contributed by atoms with Gasteiger partial charge in [-0.05, 0) is 18.6 Å². The number of anilines is 1. The van der Waals surface area contributed by atoms with Crippen molar-refractivity contribution >= 4 is 27.3 Å². The van der Waals surface area contributed by atoms with Crippen LogP contribution in [0.5, 0.6) is 0 Å². The molecule has 92 valence electrons. The van der Waals surface area contributed by atoms with E-state index in [9.17, 15) is 8.42 Å². The molecule has 0 amide bonds. The van der Waals surface area contributed by atoms with Crippen molar-refractivity contribution in [2.45, 2.75) is 17.7 Å². The SMILES string of the molecule is C#CCCCNS(=O)(=O)c1c(N)cccc1Cl. The molecule has 17 heavy (non-hydrogen) atoms. The summed E-state index contributed by atoms with van der Waals surface area (Å²) in [5.41, 5.74) is 5.73. The Morgan fingerprint density at radius 2 is 2.18 bits per heavy atom. The van der Waals surface area contributed by atoms with Gasteiger partial charge in [-0.1, -0.05) is 17.7 Å². The summed E-state index contributed by atoms with van der Waals surface area (Å²) >= 11 is 5.82. The topological polar surface area (TPSA) is 72.2 Å². The first kappa shape index (κ1) is 13.8. The minimum absolute atomic E-state index is 0.0811. The number of nitrogens with one attached hydrogen (secondary N) is 1. The second-order valence-corrected chi connectivity index (χ2v) is 5.47. The summed E-state index contributed by atoms with van der Waals surface area (Å²) in [4.78, 5) is -0.0811. The van der Waals surface area contributed by atoms with Gasteiger partial charge in [0.2, 0.25) is 10.0 Å². The Kier molecular flexibility index (Phi) is 4.82. The van der Waals surface area contributed by atoms with Crippen molar-refractivity contribution in [2.24, 2.45) is 0 Å². The van der Waals surface area contributed by atoms with Crippen LogP contribution in [-0.2, 0) is 10.0 Å². The number of rotatable bonds is 5. The molecule has 0 unspecified atom stereocenters. The average Bonchev–Trinajstić information content (AvgIpc) is 2.24. The van der Waals surface area contributed by atoms with Crippen molar-refractivity contribution in [1.82, 2.24) is 4.72 Å². The number of nitrogen functional groups attached to an aromatic ring is 1. The van der Waals surface area contributed by atoms with Gasteiger partial charge >= 0.3 is 0 Å². The van der Waals surface area contributed by atoms with E-state index in [0.29, 0.717) is 12.8 Å². The van der Waals surface area contributed by atoms with Crippen LogP contribution in [0.15, 0.2) is 23.1 Å². The molecule has 0 aliphatic carbocycles. The Labute approximate surface area is 106 Å². The third kappa shape index (κ3) is 3.63. The lowest BCUT2D eigenvalue weighted by molar-refractivity contribution is 0.580. The molecule has 0 aromatic heterocycles. The largest absolute Gasteiger partial charge is 0.398 e. The highest BCUT2D eigenvalue weighted by atomic mass is 35.5. The van der Waals surface area contributed by atoms with Crippen molar-refractivity contribution in [3.63, 3.8) is 0 Å². The predicted octanol–water partition coefficient (Wildman–Crippen LogP) is 1.61. The van der Waals surface area contributed by atoms with E-state index in [0.717, 1.165) is 0 Å². The van der Waals surface area contributed by atoms with Crippen LogP contribution in [0.1, 0.15) is 12.8 Å². The Hall–Kier alpha value is -1.22. The molecule has 0 aliphatic heterocycles. The Morgan fingerprint density at radius 1 is 1.47 bits per heavy atom. The monoisotopic (exact) mass is 272 g/mol. The van der Waals surface area contributed by atoms with Crippen LogP contribution in [0.4, 0.5) is 5.69 Å². The molecular weight excluding hydrogens is 260 g/mol. The van der Waals surface area contributed by atoms with Crippen LogP contribution in [0, 0.1) is 12.3 Å². The Morgan fingerprint density at radius 3 is 2.76 bits per heavy atom. The fraction of sp³-hybridized carbons (Fsp3) is 0.273. The number of hydrogen-bond acceptors (Lipinski definition) is 3. The highest BCUT2D eigenvalue weighted by Crippen LogP contribution is 2.26. The van der Waals surface area contributed by atoms with Crippen molar-refractivity contribution in [3.8, 4) is 12.3 Å². The molecule has 0 saturated heterocycles. The lowest BCUT2D eigenvalue weighted by Gasteiger charge is -2.09. The van der Waals surface area contributed by atoms with Crippen molar-refractivity contribution in [3.05, 3.63) is 23.2 Å². The van der Waals surface area contributed by atoms with Gasteiger partial charge in [-0.2, -0.15) is 0 Å². The van der Waals surface area contributed by atoms with E-state index < -0.39 is 10.0 Å². The zero-order valence-electron chi connectivity index (χ0n) is 9.11. The normalized spacial score (nSPS) is 11.1. The van der Waals surface area contributed by atoms with Gasteiger partial charge in [0.05, 0.1) is 10.7 Å². The van der Waals surface area contributed by atoms with Gasteiger partial charge < -0.3 is 5.73 Å². The number of sulfonamides is 1. The quantitative estimate of drug-likeness (QED) is 0.486. The van der Waals surface area contributed by atoms with E-state index in [1.807, 2.05) is 0 Å². The molecule has 0 heterocycles. The standard InChI is InChI=1S/C11H13ClN2O2S/c1-2-3-4-8-14-17(15,16)11-9(12)6-5-7-10(11)13/h1,5-7,14H,3-4,8,13H2. The molecular formula is C11H13ClN2O2S. The molecule has 1 rings (SSSR count). The fourth-order valence-corrected chi connectivity index (χ4v) is 3.03. The van der Waals surface area contributed by atoms with Crippen LogP contribution < -0.4 is 10.5 Å². The first-order chi connectivity index (χ1) is 7.99. The van der Waals surface area contributed by atoms with Crippen LogP contribution in [0.2, 0.25) is 5.02 Å². The number of hydrogen-bond donors (Lipinski definition) is 2. The zero-order valence-corrected chi connectivity index (χ0v) is 10.7. The molecule has 4 nitrogen and oxygen atoms in total. The van der Waals surface area contributed by atoms with Gasteiger partial charge in [-0.25, -0.2) is 13.1 Å². The number of unbranched alkanes of at least 4 members (excludes halogenated alkanes) is 1. The molecule has 6 heteroatoms. The maximum absolute atomic E-state index is 11.9. The average molecular weight is 273 g/mol. The molecule has 0 saturated carbocycles. The number of nitrogens with two attached hydrogens (primary N) is 1. The second kappa shape index (κ2) is 5.92. The van der Waals surface area contributed by atoms with Gasteiger partial charge in [0.25, 0.3) is 0 Å². The summed E-state index contributed by atoms with van der Waals surface area (Å²) in [6.07, 6.45) is 6.15.